The van der Waals surface area contributed by atoms with Crippen LogP contribution in [0.3, 0.4) is 0 Å². The molecule has 21 heavy (non-hydrogen) atoms. The zero-order valence-corrected chi connectivity index (χ0v) is 12.0. The van der Waals surface area contributed by atoms with E-state index >= 15 is 0 Å². The summed E-state index contributed by atoms with van der Waals surface area (Å²) >= 11 is 0. The summed E-state index contributed by atoms with van der Waals surface area (Å²) in [6, 6.07) is 13.3. The van der Waals surface area contributed by atoms with Crippen molar-refractivity contribution < 1.29 is 18.7 Å². The maximum Gasteiger partial charge on any atom is 0.316 e. The van der Waals surface area contributed by atoms with Crippen molar-refractivity contribution in [1.82, 2.24) is 0 Å². The molecule has 0 heterocycles. The lowest BCUT2D eigenvalue weighted by Crippen LogP contribution is -2.21. The molecule has 0 saturated heterocycles. The first-order valence-corrected chi connectivity index (χ1v) is 6.63. The van der Waals surface area contributed by atoms with Gasteiger partial charge in [-0.2, -0.15) is 0 Å². The topological polar surface area (TPSA) is 35.5 Å². The van der Waals surface area contributed by atoms with Gasteiger partial charge in [-0.3, -0.25) is 4.79 Å². The largest absolute Gasteiger partial charge is 0.492 e. The molecule has 0 N–H and O–H groups in total. The number of methoxy groups -OCH3 is 1. The van der Waals surface area contributed by atoms with Gasteiger partial charge in [-0.15, -0.1) is 0 Å². The summed E-state index contributed by atoms with van der Waals surface area (Å²) in [5, 5.41) is 0. The standard InChI is InChI=1S/C17H17FO3/c1-12-4-3-5-15(10-12)21-11-16(17(19)20-2)13-6-8-14(18)9-7-13/h3-10,16H,11H2,1-2H3. The van der Waals surface area contributed by atoms with Crippen LogP contribution in [0, 0.1) is 12.7 Å². The van der Waals surface area contributed by atoms with E-state index in [1.165, 1.54) is 19.2 Å². The van der Waals surface area contributed by atoms with Crippen molar-refractivity contribution in [2.75, 3.05) is 13.7 Å². The van der Waals surface area contributed by atoms with Crippen molar-refractivity contribution in [2.24, 2.45) is 0 Å². The molecule has 0 amide bonds. The fraction of sp³-hybridized carbons (Fsp3) is 0.235. The van der Waals surface area contributed by atoms with Gasteiger partial charge in [0, 0.05) is 0 Å². The quantitative estimate of drug-likeness (QED) is 0.790. The third-order valence-electron chi connectivity index (χ3n) is 3.16. The second-order valence-electron chi connectivity index (χ2n) is 4.75. The summed E-state index contributed by atoms with van der Waals surface area (Å²) in [5.74, 6) is -0.654. The molecule has 0 aliphatic heterocycles. The number of esters is 1. The smallest absolute Gasteiger partial charge is 0.316 e. The Bertz CT molecular complexity index is 608. The highest BCUT2D eigenvalue weighted by molar-refractivity contribution is 5.78. The molecule has 2 aromatic rings. The Balaban J connectivity index is 2.13. The van der Waals surface area contributed by atoms with Gasteiger partial charge in [0.2, 0.25) is 0 Å². The number of carbonyl (C=O) groups is 1. The molecule has 0 spiro atoms. The van der Waals surface area contributed by atoms with Crippen LogP contribution in [-0.4, -0.2) is 19.7 Å². The number of rotatable bonds is 5. The van der Waals surface area contributed by atoms with Crippen molar-refractivity contribution >= 4 is 5.97 Å². The highest BCUT2D eigenvalue weighted by Crippen LogP contribution is 2.21. The first kappa shape index (κ1) is 15.0. The lowest BCUT2D eigenvalue weighted by Gasteiger charge is -2.16. The molecule has 4 heteroatoms. The molecule has 0 bridgehead atoms. The molecule has 1 unspecified atom stereocenters. The molecule has 0 fully saturated rings. The highest BCUT2D eigenvalue weighted by atomic mass is 19.1. The number of hydrogen-bond donors (Lipinski definition) is 0. The predicted molar refractivity (Wildman–Crippen MR) is 77.8 cm³/mol. The van der Waals surface area contributed by atoms with Gasteiger partial charge in [-0.25, -0.2) is 4.39 Å². The third kappa shape index (κ3) is 4.05. The van der Waals surface area contributed by atoms with Crippen LogP contribution >= 0.6 is 0 Å². The number of aryl methyl sites for hydroxylation is 1. The summed E-state index contributed by atoms with van der Waals surface area (Å²) in [6.07, 6.45) is 0. The van der Waals surface area contributed by atoms with Crippen LogP contribution < -0.4 is 4.74 Å². The SMILES string of the molecule is COC(=O)C(COc1cccc(C)c1)c1ccc(F)cc1. The van der Waals surface area contributed by atoms with Crippen LogP contribution in [0.25, 0.3) is 0 Å². The van der Waals surface area contributed by atoms with E-state index in [4.69, 9.17) is 9.47 Å². The molecular weight excluding hydrogens is 271 g/mol. The van der Waals surface area contributed by atoms with E-state index < -0.39 is 11.9 Å². The van der Waals surface area contributed by atoms with Crippen molar-refractivity contribution in [1.29, 1.82) is 0 Å². The summed E-state index contributed by atoms with van der Waals surface area (Å²) in [6.45, 7) is 2.10. The first-order chi connectivity index (χ1) is 10.1. The molecule has 110 valence electrons. The number of hydrogen-bond acceptors (Lipinski definition) is 3. The minimum absolute atomic E-state index is 0.141. The van der Waals surface area contributed by atoms with Gasteiger partial charge in [0.15, 0.2) is 0 Å². The van der Waals surface area contributed by atoms with Crippen LogP contribution in [0.15, 0.2) is 48.5 Å². The van der Waals surface area contributed by atoms with Gasteiger partial charge in [0.1, 0.15) is 24.1 Å². The van der Waals surface area contributed by atoms with Crippen LogP contribution in [0.4, 0.5) is 4.39 Å². The molecule has 3 nitrogen and oxygen atoms in total. The summed E-state index contributed by atoms with van der Waals surface area (Å²) < 4.78 is 23.4. The van der Waals surface area contributed by atoms with Gasteiger partial charge in [-0.1, -0.05) is 24.3 Å². The highest BCUT2D eigenvalue weighted by Gasteiger charge is 2.22. The molecular formula is C17H17FO3. The van der Waals surface area contributed by atoms with Crippen molar-refractivity contribution in [3.8, 4) is 5.75 Å². The molecule has 2 aromatic carbocycles. The number of carbonyl (C=O) groups excluding carboxylic acids is 1. The fourth-order valence-corrected chi connectivity index (χ4v) is 2.02. The van der Waals surface area contributed by atoms with Crippen molar-refractivity contribution in [2.45, 2.75) is 12.8 Å². The molecule has 0 aliphatic rings. The lowest BCUT2D eigenvalue weighted by atomic mass is 10.0. The van der Waals surface area contributed by atoms with Crippen LogP contribution in [0.5, 0.6) is 5.75 Å². The minimum atomic E-state index is -0.587. The Kier molecular flexibility index (Phi) is 4.93. The van der Waals surface area contributed by atoms with Gasteiger partial charge in [0.05, 0.1) is 7.11 Å². The third-order valence-corrected chi connectivity index (χ3v) is 3.16. The Hall–Kier alpha value is -2.36. The van der Waals surface area contributed by atoms with Gasteiger partial charge in [-0.05, 0) is 42.3 Å². The zero-order chi connectivity index (χ0) is 15.2. The fourth-order valence-electron chi connectivity index (χ4n) is 2.02. The molecule has 0 aromatic heterocycles. The summed E-state index contributed by atoms with van der Waals surface area (Å²) in [5.41, 5.74) is 1.74. The summed E-state index contributed by atoms with van der Waals surface area (Å²) in [7, 11) is 1.32. The van der Waals surface area contributed by atoms with E-state index in [2.05, 4.69) is 0 Å². The van der Waals surface area contributed by atoms with Crippen LogP contribution in [0.1, 0.15) is 17.0 Å². The van der Waals surface area contributed by atoms with Gasteiger partial charge >= 0.3 is 5.97 Å². The second-order valence-corrected chi connectivity index (χ2v) is 4.75. The maximum atomic E-state index is 13.0. The molecule has 0 radical (unpaired) electrons. The van der Waals surface area contributed by atoms with E-state index in [0.717, 1.165) is 5.56 Å². The number of halogens is 1. The van der Waals surface area contributed by atoms with E-state index in [1.54, 1.807) is 12.1 Å². The molecule has 2 rings (SSSR count). The Morgan fingerprint density at radius 2 is 1.90 bits per heavy atom. The average Bonchev–Trinajstić information content (AvgIpc) is 2.49. The van der Waals surface area contributed by atoms with E-state index in [-0.39, 0.29) is 12.4 Å². The first-order valence-electron chi connectivity index (χ1n) is 6.63. The Labute approximate surface area is 123 Å². The number of ether oxygens (including phenoxy) is 2. The van der Waals surface area contributed by atoms with Crippen molar-refractivity contribution in [3.05, 3.63) is 65.5 Å². The van der Waals surface area contributed by atoms with Crippen molar-refractivity contribution in [3.63, 3.8) is 0 Å². The van der Waals surface area contributed by atoms with Gasteiger partial charge < -0.3 is 9.47 Å². The Morgan fingerprint density at radius 3 is 2.52 bits per heavy atom. The summed E-state index contributed by atoms with van der Waals surface area (Å²) in [4.78, 5) is 11.9. The molecule has 0 aliphatic carbocycles. The Morgan fingerprint density at radius 1 is 1.19 bits per heavy atom. The maximum absolute atomic E-state index is 13.0. The van der Waals surface area contributed by atoms with Gasteiger partial charge in [0.25, 0.3) is 0 Å². The average molecular weight is 288 g/mol. The monoisotopic (exact) mass is 288 g/mol. The normalized spacial score (nSPS) is 11.8. The van der Waals surface area contributed by atoms with E-state index in [0.29, 0.717) is 11.3 Å². The van der Waals surface area contributed by atoms with E-state index in [1.807, 2.05) is 31.2 Å². The molecule has 0 saturated carbocycles. The predicted octanol–water partition coefficient (Wildman–Crippen LogP) is 3.47. The number of benzene rings is 2. The van der Waals surface area contributed by atoms with E-state index in [9.17, 15) is 9.18 Å². The minimum Gasteiger partial charge on any atom is -0.492 e. The second kappa shape index (κ2) is 6.88. The molecule has 1 atom stereocenters. The zero-order valence-electron chi connectivity index (χ0n) is 12.0. The van der Waals surface area contributed by atoms with Crippen LogP contribution in [0.2, 0.25) is 0 Å². The van der Waals surface area contributed by atoms with Crippen LogP contribution in [-0.2, 0) is 9.53 Å². The lowest BCUT2D eigenvalue weighted by molar-refractivity contribution is -0.143.